The third kappa shape index (κ3) is 7.32. The second-order valence-corrected chi connectivity index (χ2v) is 10.4. The molecule has 7 nitrogen and oxygen atoms in total. The van der Waals surface area contributed by atoms with Gasteiger partial charge in [0.2, 0.25) is 21.8 Å². The van der Waals surface area contributed by atoms with Crippen LogP contribution in [0.15, 0.2) is 48.5 Å². The number of aryl methyl sites for hydroxylation is 2. The summed E-state index contributed by atoms with van der Waals surface area (Å²) < 4.78 is 26.6. The lowest BCUT2D eigenvalue weighted by atomic mass is 10.1. The van der Waals surface area contributed by atoms with Crippen molar-refractivity contribution in [2.75, 3.05) is 23.7 Å². The van der Waals surface area contributed by atoms with Crippen LogP contribution < -0.4 is 9.62 Å². The van der Waals surface area contributed by atoms with E-state index < -0.39 is 22.0 Å². The van der Waals surface area contributed by atoms with Crippen molar-refractivity contribution >= 4 is 27.5 Å². The first-order chi connectivity index (χ1) is 16.1. The highest BCUT2D eigenvalue weighted by atomic mass is 32.2. The fourth-order valence-electron chi connectivity index (χ4n) is 3.74. The van der Waals surface area contributed by atoms with Gasteiger partial charge in [-0.3, -0.25) is 13.9 Å². The third-order valence-corrected chi connectivity index (χ3v) is 7.05. The monoisotopic (exact) mass is 487 g/mol. The summed E-state index contributed by atoms with van der Waals surface area (Å²) in [6.07, 6.45) is 3.51. The Morgan fingerprint density at radius 2 is 1.62 bits per heavy atom. The van der Waals surface area contributed by atoms with Gasteiger partial charge in [-0.1, -0.05) is 62.7 Å². The van der Waals surface area contributed by atoms with E-state index in [9.17, 15) is 18.0 Å². The van der Waals surface area contributed by atoms with E-state index >= 15 is 0 Å². The lowest BCUT2D eigenvalue weighted by Gasteiger charge is -2.32. The molecule has 1 N–H and O–H groups in total. The van der Waals surface area contributed by atoms with E-state index in [4.69, 9.17) is 0 Å². The number of para-hydroxylation sites is 1. The zero-order chi connectivity index (χ0) is 25.3. The van der Waals surface area contributed by atoms with Crippen molar-refractivity contribution in [1.29, 1.82) is 0 Å². The standard InChI is InChI=1S/C26H37N3O4S/c1-6-8-17-27-26(31)21(4)28(18-23-15-10-9-13-20(23)3)25(30)19-29(34(5,32)33)24-16-12-11-14-22(24)7-2/h9-16,21H,6-8,17-19H2,1-5H3,(H,27,31). The van der Waals surface area contributed by atoms with Gasteiger partial charge >= 0.3 is 0 Å². The van der Waals surface area contributed by atoms with Crippen LogP contribution in [0.3, 0.4) is 0 Å². The predicted octanol–water partition coefficient (Wildman–Crippen LogP) is 3.66. The Morgan fingerprint density at radius 1 is 1.00 bits per heavy atom. The number of anilines is 1. The number of unbranched alkanes of at least 4 members (excludes halogenated alkanes) is 1. The topological polar surface area (TPSA) is 86.8 Å². The highest BCUT2D eigenvalue weighted by molar-refractivity contribution is 7.92. The molecule has 1 unspecified atom stereocenters. The van der Waals surface area contributed by atoms with Crippen LogP contribution in [-0.4, -0.2) is 50.5 Å². The molecule has 0 aliphatic carbocycles. The largest absolute Gasteiger partial charge is 0.354 e. The molecular weight excluding hydrogens is 450 g/mol. The summed E-state index contributed by atoms with van der Waals surface area (Å²) in [6.45, 7) is 7.97. The van der Waals surface area contributed by atoms with Crippen LogP contribution in [0.5, 0.6) is 0 Å². The molecule has 186 valence electrons. The van der Waals surface area contributed by atoms with Crippen molar-refractivity contribution in [1.82, 2.24) is 10.2 Å². The molecule has 0 saturated carbocycles. The van der Waals surface area contributed by atoms with Gasteiger partial charge < -0.3 is 10.2 Å². The summed E-state index contributed by atoms with van der Waals surface area (Å²) in [5.74, 6) is -0.687. The first-order valence-corrected chi connectivity index (χ1v) is 13.6. The smallest absolute Gasteiger partial charge is 0.244 e. The molecule has 0 aliphatic heterocycles. The number of carbonyl (C=O) groups is 2. The minimum atomic E-state index is -3.74. The molecule has 1 atom stereocenters. The van der Waals surface area contributed by atoms with Crippen molar-refractivity contribution in [3.8, 4) is 0 Å². The van der Waals surface area contributed by atoms with Crippen molar-refractivity contribution in [2.24, 2.45) is 0 Å². The SMILES string of the molecule is CCCCNC(=O)C(C)N(Cc1ccccc1C)C(=O)CN(c1ccccc1CC)S(C)(=O)=O. The molecule has 0 fully saturated rings. The first-order valence-electron chi connectivity index (χ1n) is 11.8. The average molecular weight is 488 g/mol. The van der Waals surface area contributed by atoms with E-state index in [2.05, 4.69) is 5.32 Å². The molecule has 0 saturated heterocycles. The van der Waals surface area contributed by atoms with Crippen LogP contribution in [0.1, 0.15) is 50.3 Å². The molecule has 0 aromatic heterocycles. The highest BCUT2D eigenvalue weighted by Crippen LogP contribution is 2.24. The molecule has 0 heterocycles. The molecular formula is C26H37N3O4S. The maximum Gasteiger partial charge on any atom is 0.244 e. The highest BCUT2D eigenvalue weighted by Gasteiger charge is 2.30. The molecule has 0 bridgehead atoms. The lowest BCUT2D eigenvalue weighted by Crippen LogP contribution is -2.51. The summed E-state index contributed by atoms with van der Waals surface area (Å²) in [7, 11) is -3.74. The Morgan fingerprint density at radius 3 is 2.21 bits per heavy atom. The van der Waals surface area contributed by atoms with Gasteiger partial charge in [0, 0.05) is 13.1 Å². The van der Waals surface area contributed by atoms with Crippen molar-refractivity contribution in [3.63, 3.8) is 0 Å². The fraction of sp³-hybridized carbons (Fsp3) is 0.462. The number of nitrogens with one attached hydrogen (secondary N) is 1. The molecule has 2 amide bonds. The van der Waals surface area contributed by atoms with Crippen LogP contribution in [0.2, 0.25) is 0 Å². The van der Waals surface area contributed by atoms with Crippen LogP contribution >= 0.6 is 0 Å². The normalized spacial score (nSPS) is 12.1. The molecule has 0 spiro atoms. The van der Waals surface area contributed by atoms with Gasteiger partial charge in [-0.25, -0.2) is 8.42 Å². The Bertz CT molecular complexity index is 1080. The van der Waals surface area contributed by atoms with E-state index in [1.807, 2.05) is 57.2 Å². The Kier molecular flexibility index (Phi) is 10.1. The number of benzene rings is 2. The van der Waals surface area contributed by atoms with Gasteiger partial charge in [-0.05, 0) is 49.4 Å². The Balaban J connectivity index is 2.40. The van der Waals surface area contributed by atoms with Crippen LogP contribution in [0.25, 0.3) is 0 Å². The Hall–Kier alpha value is -2.87. The van der Waals surface area contributed by atoms with Crippen molar-refractivity contribution < 1.29 is 18.0 Å². The van der Waals surface area contributed by atoms with Crippen molar-refractivity contribution in [2.45, 2.75) is 59.5 Å². The lowest BCUT2D eigenvalue weighted by molar-refractivity contribution is -0.139. The zero-order valence-corrected chi connectivity index (χ0v) is 21.7. The van der Waals surface area contributed by atoms with E-state index in [1.165, 1.54) is 4.90 Å². The van der Waals surface area contributed by atoms with E-state index in [0.717, 1.165) is 40.1 Å². The number of sulfonamides is 1. The summed E-state index contributed by atoms with van der Waals surface area (Å²) in [5.41, 5.74) is 3.22. The molecule has 2 rings (SSSR count). The number of nitrogens with zero attached hydrogens (tertiary/aromatic N) is 2. The van der Waals surface area contributed by atoms with Crippen LogP contribution in [0, 0.1) is 6.92 Å². The maximum atomic E-state index is 13.6. The summed E-state index contributed by atoms with van der Waals surface area (Å²) in [4.78, 5) is 27.9. The second-order valence-electron chi connectivity index (χ2n) is 8.52. The quantitative estimate of drug-likeness (QED) is 0.463. The summed E-state index contributed by atoms with van der Waals surface area (Å²) >= 11 is 0. The van der Waals surface area contributed by atoms with E-state index in [-0.39, 0.29) is 19.0 Å². The van der Waals surface area contributed by atoms with Gasteiger partial charge in [0.15, 0.2) is 0 Å². The minimum absolute atomic E-state index is 0.209. The van der Waals surface area contributed by atoms with Crippen molar-refractivity contribution in [3.05, 3.63) is 65.2 Å². The van der Waals surface area contributed by atoms with Gasteiger partial charge in [0.1, 0.15) is 12.6 Å². The second kappa shape index (κ2) is 12.6. The molecule has 2 aromatic rings. The molecule has 2 aromatic carbocycles. The zero-order valence-electron chi connectivity index (χ0n) is 20.9. The number of rotatable bonds is 12. The predicted molar refractivity (Wildman–Crippen MR) is 137 cm³/mol. The van der Waals surface area contributed by atoms with Gasteiger partial charge in [0.25, 0.3) is 0 Å². The van der Waals surface area contributed by atoms with Crippen LogP contribution in [-0.2, 0) is 32.6 Å². The average Bonchev–Trinajstić information content (AvgIpc) is 2.80. The summed E-state index contributed by atoms with van der Waals surface area (Å²) in [5, 5.41) is 2.89. The minimum Gasteiger partial charge on any atom is -0.354 e. The fourth-order valence-corrected chi connectivity index (χ4v) is 4.62. The first kappa shape index (κ1) is 27.4. The number of carbonyl (C=O) groups excluding carboxylic acids is 2. The van der Waals surface area contributed by atoms with Crippen LogP contribution in [0.4, 0.5) is 5.69 Å². The number of amides is 2. The number of hydrogen-bond acceptors (Lipinski definition) is 4. The molecule has 34 heavy (non-hydrogen) atoms. The maximum absolute atomic E-state index is 13.6. The summed E-state index contributed by atoms with van der Waals surface area (Å²) in [6, 6.07) is 14.1. The van der Waals surface area contributed by atoms with Gasteiger partial charge in [0.05, 0.1) is 11.9 Å². The Labute approximate surface area is 204 Å². The van der Waals surface area contributed by atoms with E-state index in [0.29, 0.717) is 18.7 Å². The van der Waals surface area contributed by atoms with Gasteiger partial charge in [-0.2, -0.15) is 0 Å². The van der Waals surface area contributed by atoms with Gasteiger partial charge in [-0.15, -0.1) is 0 Å². The molecule has 0 radical (unpaired) electrons. The molecule has 8 heteroatoms. The number of hydrogen-bond donors (Lipinski definition) is 1. The van der Waals surface area contributed by atoms with E-state index in [1.54, 1.807) is 19.1 Å². The molecule has 0 aliphatic rings. The third-order valence-electron chi connectivity index (χ3n) is 5.92.